The third-order valence-electron chi connectivity index (χ3n) is 5.37. The lowest BCUT2D eigenvalue weighted by atomic mass is 9.95. The van der Waals surface area contributed by atoms with Crippen molar-refractivity contribution in [2.45, 2.75) is 31.7 Å². The van der Waals surface area contributed by atoms with E-state index in [0.29, 0.717) is 5.91 Å². The molecule has 2 aromatic heterocycles. The average Bonchev–Trinajstić information content (AvgIpc) is 3.19. The van der Waals surface area contributed by atoms with Crippen LogP contribution in [-0.4, -0.2) is 40.4 Å². The number of amides is 1. The summed E-state index contributed by atoms with van der Waals surface area (Å²) in [5.41, 5.74) is 1.21. The zero-order valence-corrected chi connectivity index (χ0v) is 14.4. The van der Waals surface area contributed by atoms with E-state index in [4.69, 9.17) is 0 Å². The highest BCUT2D eigenvalue weighted by atomic mass is 16.2. The van der Waals surface area contributed by atoms with Gasteiger partial charge < -0.3 is 9.80 Å². The number of carbonyl (C=O) groups excluding carboxylic acids is 1. The lowest BCUT2D eigenvalue weighted by molar-refractivity contribution is -0.136. The predicted octanol–water partition coefficient (Wildman–Crippen LogP) is 3.06. The van der Waals surface area contributed by atoms with Gasteiger partial charge in [0.2, 0.25) is 5.91 Å². The molecule has 0 spiro atoms. The van der Waals surface area contributed by atoms with E-state index in [1.54, 1.807) is 0 Å². The van der Waals surface area contributed by atoms with Crippen LogP contribution in [0.2, 0.25) is 0 Å². The summed E-state index contributed by atoms with van der Waals surface area (Å²) in [7, 11) is 0. The minimum absolute atomic E-state index is 0.0678. The molecule has 1 amide bonds. The fourth-order valence-corrected chi connectivity index (χ4v) is 4.12. The lowest BCUT2D eigenvalue weighted by Gasteiger charge is -2.36. The molecule has 2 aromatic rings. The van der Waals surface area contributed by atoms with Crippen molar-refractivity contribution in [1.82, 2.24) is 14.9 Å². The first kappa shape index (κ1) is 16.1. The van der Waals surface area contributed by atoms with E-state index >= 15 is 0 Å². The fourth-order valence-electron chi connectivity index (χ4n) is 4.12. The molecule has 0 radical (unpaired) electrons. The van der Waals surface area contributed by atoms with Gasteiger partial charge in [-0.1, -0.05) is 6.07 Å². The molecular formula is C20H24N4O. The van der Waals surface area contributed by atoms with Gasteiger partial charge in [-0.25, -0.2) is 4.98 Å². The maximum Gasteiger partial charge on any atom is 0.227 e. The van der Waals surface area contributed by atoms with Gasteiger partial charge >= 0.3 is 0 Å². The number of piperidine rings is 1. The Balaban J connectivity index is 1.48. The van der Waals surface area contributed by atoms with Crippen LogP contribution >= 0.6 is 0 Å². The molecule has 0 aromatic carbocycles. The van der Waals surface area contributed by atoms with Crippen LogP contribution < -0.4 is 4.90 Å². The van der Waals surface area contributed by atoms with Gasteiger partial charge in [-0.05, 0) is 55.5 Å². The van der Waals surface area contributed by atoms with Gasteiger partial charge in [-0.2, -0.15) is 0 Å². The van der Waals surface area contributed by atoms with Crippen LogP contribution in [0.15, 0.2) is 48.9 Å². The number of rotatable bonds is 3. The van der Waals surface area contributed by atoms with Crippen LogP contribution in [0.25, 0.3) is 0 Å². The SMILES string of the molecule is O=C([C@H]1CCCN(c2ccccn2)C1)N1CCC[C@H]1c1ccncc1. The van der Waals surface area contributed by atoms with E-state index in [-0.39, 0.29) is 12.0 Å². The standard InChI is InChI=1S/C20H24N4O/c25-20(24-14-4-6-18(24)16-8-11-21-12-9-16)17-5-3-13-23(15-17)19-7-1-2-10-22-19/h1-2,7-12,17-18H,3-6,13-15H2/t17-,18-/m0/s1. The molecule has 2 fully saturated rings. The summed E-state index contributed by atoms with van der Waals surface area (Å²) in [4.78, 5) is 26.1. The molecule has 0 aliphatic carbocycles. The van der Waals surface area contributed by atoms with E-state index in [9.17, 15) is 4.79 Å². The third-order valence-corrected chi connectivity index (χ3v) is 5.37. The Bertz CT molecular complexity index is 706. The monoisotopic (exact) mass is 336 g/mol. The molecular weight excluding hydrogens is 312 g/mol. The van der Waals surface area contributed by atoms with Gasteiger partial charge in [-0.15, -0.1) is 0 Å². The zero-order valence-electron chi connectivity index (χ0n) is 14.4. The van der Waals surface area contributed by atoms with Crippen LogP contribution in [0.1, 0.15) is 37.3 Å². The number of carbonyl (C=O) groups is 1. The van der Waals surface area contributed by atoms with Crippen molar-refractivity contribution < 1.29 is 4.79 Å². The summed E-state index contributed by atoms with van der Waals surface area (Å²) in [6, 6.07) is 10.3. The highest BCUT2D eigenvalue weighted by Gasteiger charge is 2.35. The highest BCUT2D eigenvalue weighted by molar-refractivity contribution is 5.80. The minimum Gasteiger partial charge on any atom is -0.356 e. The Morgan fingerprint density at radius 1 is 1.00 bits per heavy atom. The zero-order chi connectivity index (χ0) is 17.1. The molecule has 25 heavy (non-hydrogen) atoms. The Morgan fingerprint density at radius 2 is 1.84 bits per heavy atom. The molecule has 0 unspecified atom stereocenters. The summed E-state index contributed by atoms with van der Waals surface area (Å²) < 4.78 is 0. The maximum absolute atomic E-state index is 13.2. The first-order valence-electron chi connectivity index (χ1n) is 9.19. The number of likely N-dealkylation sites (tertiary alicyclic amines) is 1. The van der Waals surface area contributed by atoms with Crippen molar-refractivity contribution in [3.63, 3.8) is 0 Å². The van der Waals surface area contributed by atoms with Gasteiger partial charge in [0.25, 0.3) is 0 Å². The number of hydrogen-bond donors (Lipinski definition) is 0. The molecule has 0 saturated carbocycles. The van der Waals surface area contributed by atoms with Crippen molar-refractivity contribution in [3.8, 4) is 0 Å². The topological polar surface area (TPSA) is 49.3 Å². The Morgan fingerprint density at radius 3 is 2.64 bits per heavy atom. The average molecular weight is 336 g/mol. The highest BCUT2D eigenvalue weighted by Crippen LogP contribution is 2.34. The first-order valence-corrected chi connectivity index (χ1v) is 9.19. The first-order chi connectivity index (χ1) is 12.3. The second-order valence-electron chi connectivity index (χ2n) is 6.94. The number of hydrogen-bond acceptors (Lipinski definition) is 4. The van der Waals surface area contributed by atoms with Gasteiger partial charge in [0.15, 0.2) is 0 Å². The van der Waals surface area contributed by atoms with Crippen molar-refractivity contribution in [2.75, 3.05) is 24.5 Å². The molecule has 5 nitrogen and oxygen atoms in total. The molecule has 5 heteroatoms. The van der Waals surface area contributed by atoms with E-state index in [1.165, 1.54) is 5.56 Å². The fraction of sp³-hybridized carbons (Fsp3) is 0.450. The second kappa shape index (κ2) is 7.21. The summed E-state index contributed by atoms with van der Waals surface area (Å²) in [5, 5.41) is 0. The van der Waals surface area contributed by atoms with Crippen LogP contribution in [0, 0.1) is 5.92 Å². The summed E-state index contributed by atoms with van der Waals surface area (Å²) >= 11 is 0. The Labute approximate surface area is 148 Å². The minimum atomic E-state index is 0.0678. The maximum atomic E-state index is 13.2. The Kier molecular flexibility index (Phi) is 4.63. The summed E-state index contributed by atoms with van der Waals surface area (Å²) in [5.74, 6) is 1.35. The van der Waals surface area contributed by atoms with Crippen molar-refractivity contribution >= 4 is 11.7 Å². The van der Waals surface area contributed by atoms with Gasteiger partial charge in [0, 0.05) is 38.2 Å². The van der Waals surface area contributed by atoms with Crippen LogP contribution in [0.3, 0.4) is 0 Å². The van der Waals surface area contributed by atoms with Crippen molar-refractivity contribution in [3.05, 3.63) is 54.5 Å². The van der Waals surface area contributed by atoms with E-state index in [2.05, 4.69) is 19.8 Å². The van der Waals surface area contributed by atoms with Crippen LogP contribution in [0.4, 0.5) is 5.82 Å². The van der Waals surface area contributed by atoms with Gasteiger partial charge in [0.05, 0.1) is 12.0 Å². The van der Waals surface area contributed by atoms with E-state index in [0.717, 1.165) is 51.1 Å². The molecule has 2 aliphatic rings. The van der Waals surface area contributed by atoms with E-state index in [1.807, 2.05) is 48.9 Å². The number of anilines is 1. The molecule has 4 heterocycles. The van der Waals surface area contributed by atoms with Crippen molar-refractivity contribution in [2.24, 2.45) is 5.92 Å². The predicted molar refractivity (Wildman–Crippen MR) is 97.1 cm³/mol. The normalized spacial score (nSPS) is 23.7. The number of aromatic nitrogens is 2. The lowest BCUT2D eigenvalue weighted by Crippen LogP contribution is -2.45. The third kappa shape index (κ3) is 3.36. The van der Waals surface area contributed by atoms with Gasteiger partial charge in [0.1, 0.15) is 5.82 Å². The molecule has 2 saturated heterocycles. The van der Waals surface area contributed by atoms with Gasteiger partial charge in [-0.3, -0.25) is 9.78 Å². The van der Waals surface area contributed by atoms with E-state index < -0.39 is 0 Å². The van der Waals surface area contributed by atoms with Crippen LogP contribution in [-0.2, 0) is 4.79 Å². The van der Waals surface area contributed by atoms with Crippen molar-refractivity contribution in [1.29, 1.82) is 0 Å². The summed E-state index contributed by atoms with van der Waals surface area (Å²) in [6.45, 7) is 2.62. The molecule has 2 aliphatic heterocycles. The molecule has 130 valence electrons. The second-order valence-corrected chi connectivity index (χ2v) is 6.94. The summed E-state index contributed by atoms with van der Waals surface area (Å²) in [6.07, 6.45) is 9.60. The Hall–Kier alpha value is -2.43. The van der Waals surface area contributed by atoms with Crippen LogP contribution in [0.5, 0.6) is 0 Å². The quantitative estimate of drug-likeness (QED) is 0.864. The molecule has 2 atom stereocenters. The smallest absolute Gasteiger partial charge is 0.227 e. The molecule has 0 bridgehead atoms. The number of pyridine rings is 2. The molecule has 4 rings (SSSR count). The molecule has 0 N–H and O–H groups in total. The number of nitrogens with zero attached hydrogens (tertiary/aromatic N) is 4. The largest absolute Gasteiger partial charge is 0.356 e.